The van der Waals surface area contributed by atoms with Crippen LogP contribution in [0.15, 0.2) is 223 Å². The Balaban J connectivity index is 0.974. The lowest BCUT2D eigenvalue weighted by Crippen LogP contribution is -2.06. The van der Waals surface area contributed by atoms with Gasteiger partial charge in [0.15, 0.2) is 17.2 Å². The average molecular weight is 793 g/mol. The zero-order valence-corrected chi connectivity index (χ0v) is 33.5. The molecule has 5 heteroatoms. The Hall–Kier alpha value is -8.41. The van der Waals surface area contributed by atoms with Crippen LogP contribution in [0.5, 0.6) is 0 Å². The van der Waals surface area contributed by atoms with E-state index in [9.17, 15) is 0 Å². The van der Waals surface area contributed by atoms with E-state index < -0.39 is 0 Å². The van der Waals surface area contributed by atoms with Crippen LogP contribution in [0.3, 0.4) is 0 Å². The van der Waals surface area contributed by atoms with Gasteiger partial charge >= 0.3 is 0 Å². The van der Waals surface area contributed by atoms with Gasteiger partial charge in [0, 0.05) is 32.7 Å². The average Bonchev–Trinajstić information content (AvgIpc) is 3.91. The highest BCUT2D eigenvalue weighted by Gasteiger charge is 2.22. The van der Waals surface area contributed by atoms with E-state index in [1.54, 1.807) is 0 Å². The third kappa shape index (κ3) is 6.14. The van der Waals surface area contributed by atoms with Crippen LogP contribution in [-0.2, 0) is 0 Å². The number of rotatable bonds is 7. The predicted octanol–water partition coefficient (Wildman–Crippen LogP) is 14.9. The van der Waals surface area contributed by atoms with Crippen LogP contribution in [0.2, 0.25) is 0 Å². The second-order valence-electron chi connectivity index (χ2n) is 15.6. The van der Waals surface area contributed by atoms with Gasteiger partial charge in [-0.15, -0.1) is 0 Å². The van der Waals surface area contributed by atoms with Crippen LogP contribution >= 0.6 is 0 Å². The molecule has 0 aliphatic rings. The zero-order valence-electron chi connectivity index (χ0n) is 33.5. The molecule has 0 N–H and O–H groups in total. The smallest absolute Gasteiger partial charge is 0.238 e. The molecule has 9 aromatic carbocycles. The highest BCUT2D eigenvalue weighted by atomic mass is 16.3. The summed E-state index contributed by atoms with van der Waals surface area (Å²) in [5.41, 5.74) is 14.6. The highest BCUT2D eigenvalue weighted by Crippen LogP contribution is 2.40. The highest BCUT2D eigenvalue weighted by molar-refractivity contribution is 6.21. The van der Waals surface area contributed by atoms with Gasteiger partial charge in [-0.3, -0.25) is 4.57 Å². The fourth-order valence-corrected chi connectivity index (χ4v) is 8.85. The number of hydrogen-bond acceptors (Lipinski definition) is 4. The van der Waals surface area contributed by atoms with E-state index in [1.165, 1.54) is 22.3 Å². The van der Waals surface area contributed by atoms with Gasteiger partial charge in [-0.05, 0) is 87.0 Å². The van der Waals surface area contributed by atoms with Crippen molar-refractivity contribution < 1.29 is 4.42 Å². The van der Waals surface area contributed by atoms with E-state index in [2.05, 4.69) is 180 Å². The van der Waals surface area contributed by atoms with Gasteiger partial charge in [0.05, 0.1) is 5.52 Å². The van der Waals surface area contributed by atoms with Crippen molar-refractivity contribution in [1.29, 1.82) is 0 Å². The van der Waals surface area contributed by atoms with E-state index in [0.29, 0.717) is 17.6 Å². The molecule has 0 saturated carbocycles. The summed E-state index contributed by atoms with van der Waals surface area (Å²) in [6.45, 7) is 0. The minimum absolute atomic E-state index is 0.523. The molecule has 0 bridgehead atoms. The maximum atomic E-state index is 6.65. The molecule has 0 atom stereocenters. The van der Waals surface area contributed by atoms with Crippen molar-refractivity contribution >= 4 is 43.7 Å². The fourth-order valence-electron chi connectivity index (χ4n) is 8.85. The number of hydrogen-bond donors (Lipinski definition) is 0. The Kier molecular flexibility index (Phi) is 8.42. The molecule has 12 aromatic rings. The molecule has 5 nitrogen and oxygen atoms in total. The van der Waals surface area contributed by atoms with Gasteiger partial charge in [0.2, 0.25) is 5.95 Å². The first-order valence-corrected chi connectivity index (χ1v) is 20.8. The van der Waals surface area contributed by atoms with Gasteiger partial charge in [-0.25, -0.2) is 4.98 Å². The van der Waals surface area contributed by atoms with Crippen molar-refractivity contribution in [2.24, 2.45) is 0 Å². The monoisotopic (exact) mass is 792 g/mol. The van der Waals surface area contributed by atoms with E-state index in [1.807, 2.05) is 42.5 Å². The third-order valence-electron chi connectivity index (χ3n) is 11.9. The van der Waals surface area contributed by atoms with Crippen molar-refractivity contribution in [2.45, 2.75) is 0 Å². The number of benzene rings is 9. The molecular weight excluding hydrogens is 757 g/mol. The SMILES string of the molecule is c1ccc(-c2cccc(-c3cccc(-c4cccc(-c5cccc(-c6nc(-c7ccccc7)nc(-n7c8ccccc8c8ccc9c%10ccccc%10oc9c87)n6)c5)c4)c3)c2)cc1. The molecule has 3 heterocycles. The maximum Gasteiger partial charge on any atom is 0.238 e. The fraction of sp³-hybridized carbons (Fsp3) is 0. The number of nitrogens with zero attached hydrogens (tertiary/aromatic N) is 4. The van der Waals surface area contributed by atoms with E-state index in [0.717, 1.165) is 77.1 Å². The van der Waals surface area contributed by atoms with Crippen molar-refractivity contribution in [1.82, 2.24) is 19.5 Å². The minimum atomic E-state index is 0.523. The van der Waals surface area contributed by atoms with Gasteiger partial charge in [0.1, 0.15) is 11.1 Å². The summed E-state index contributed by atoms with van der Waals surface area (Å²) in [5.74, 6) is 1.70. The van der Waals surface area contributed by atoms with Crippen LogP contribution in [0, 0.1) is 0 Å². The molecule has 0 aliphatic heterocycles. The van der Waals surface area contributed by atoms with Crippen LogP contribution < -0.4 is 0 Å². The summed E-state index contributed by atoms with van der Waals surface area (Å²) in [5, 5.41) is 4.29. The topological polar surface area (TPSA) is 56.7 Å². The van der Waals surface area contributed by atoms with E-state index >= 15 is 0 Å². The number of aromatic nitrogens is 4. The van der Waals surface area contributed by atoms with Crippen LogP contribution in [0.25, 0.3) is 117 Å². The number of furan rings is 1. The summed E-state index contributed by atoms with van der Waals surface area (Å²) in [4.78, 5) is 15.6. The first-order chi connectivity index (χ1) is 30.7. The molecule has 0 saturated heterocycles. The summed E-state index contributed by atoms with van der Waals surface area (Å²) in [7, 11) is 0. The normalized spacial score (nSPS) is 11.5. The quantitative estimate of drug-likeness (QED) is 0.161. The Bertz CT molecular complexity index is 3640. The lowest BCUT2D eigenvalue weighted by atomic mass is 9.94. The first kappa shape index (κ1) is 35.5. The lowest BCUT2D eigenvalue weighted by molar-refractivity contribution is 0.670. The molecule has 0 unspecified atom stereocenters. The summed E-state index contributed by atoms with van der Waals surface area (Å²) in [6, 6.07) is 76.4. The third-order valence-corrected chi connectivity index (χ3v) is 11.9. The molecule has 0 fully saturated rings. The van der Waals surface area contributed by atoms with Crippen molar-refractivity contribution in [3.8, 4) is 73.2 Å². The molecule has 12 rings (SSSR count). The summed E-state index contributed by atoms with van der Waals surface area (Å²) < 4.78 is 8.80. The standard InChI is InChI=1S/C57H36N4O/c1-3-15-37(16-4-1)39-19-11-20-40(33-39)41-21-12-22-42(34-41)43-23-13-24-44(35-43)45-25-14-26-46(36-45)56-58-55(38-17-5-2-6-18-38)59-57(60-56)61-51-29-9-7-27-47(51)49-31-32-50-48-28-8-10-30-52(48)62-54(50)53(49)61/h1-36H. The lowest BCUT2D eigenvalue weighted by Gasteiger charge is -2.12. The predicted molar refractivity (Wildman–Crippen MR) is 254 cm³/mol. The molecule has 0 spiro atoms. The van der Waals surface area contributed by atoms with E-state index in [4.69, 9.17) is 19.4 Å². The van der Waals surface area contributed by atoms with Crippen molar-refractivity contribution in [3.05, 3.63) is 218 Å². The van der Waals surface area contributed by atoms with Crippen molar-refractivity contribution in [3.63, 3.8) is 0 Å². The Morgan fingerprint density at radius 2 is 0.742 bits per heavy atom. The second-order valence-corrected chi connectivity index (χ2v) is 15.6. The first-order valence-electron chi connectivity index (χ1n) is 20.8. The number of para-hydroxylation sites is 2. The molecular formula is C57H36N4O. The molecule has 0 radical (unpaired) electrons. The zero-order chi connectivity index (χ0) is 41.0. The Morgan fingerprint density at radius 3 is 1.35 bits per heavy atom. The van der Waals surface area contributed by atoms with Gasteiger partial charge in [-0.1, -0.05) is 176 Å². The van der Waals surface area contributed by atoms with Crippen LogP contribution in [0.4, 0.5) is 0 Å². The van der Waals surface area contributed by atoms with Gasteiger partial charge < -0.3 is 4.42 Å². The van der Waals surface area contributed by atoms with Gasteiger partial charge in [0.25, 0.3) is 0 Å². The van der Waals surface area contributed by atoms with Gasteiger partial charge in [-0.2, -0.15) is 9.97 Å². The Morgan fingerprint density at radius 1 is 0.306 bits per heavy atom. The van der Waals surface area contributed by atoms with E-state index in [-0.39, 0.29) is 0 Å². The molecule has 0 aliphatic carbocycles. The summed E-state index contributed by atoms with van der Waals surface area (Å²) >= 11 is 0. The molecule has 290 valence electrons. The molecule has 62 heavy (non-hydrogen) atoms. The van der Waals surface area contributed by atoms with Crippen LogP contribution in [-0.4, -0.2) is 19.5 Å². The minimum Gasteiger partial charge on any atom is -0.454 e. The summed E-state index contributed by atoms with van der Waals surface area (Å²) in [6.07, 6.45) is 0. The Labute approximate surface area is 357 Å². The van der Waals surface area contributed by atoms with Crippen molar-refractivity contribution in [2.75, 3.05) is 0 Å². The molecule has 3 aromatic heterocycles. The number of fused-ring (bicyclic) bond motifs is 7. The maximum absolute atomic E-state index is 6.65. The molecule has 0 amide bonds. The largest absolute Gasteiger partial charge is 0.454 e. The van der Waals surface area contributed by atoms with Crippen LogP contribution in [0.1, 0.15) is 0 Å². The second kappa shape index (κ2) is 14.7.